The van der Waals surface area contributed by atoms with E-state index in [9.17, 15) is 4.79 Å². The fourth-order valence-corrected chi connectivity index (χ4v) is 3.43. The van der Waals surface area contributed by atoms with Crippen LogP contribution in [0, 0.1) is 0 Å². The van der Waals surface area contributed by atoms with Gasteiger partial charge < -0.3 is 10.1 Å². The highest BCUT2D eigenvalue weighted by Gasteiger charge is 2.10. The van der Waals surface area contributed by atoms with Gasteiger partial charge >= 0.3 is 0 Å². The minimum absolute atomic E-state index is 0.0554. The summed E-state index contributed by atoms with van der Waals surface area (Å²) in [6, 6.07) is 13.2. The smallest absolute Gasteiger partial charge is 0.228 e. The van der Waals surface area contributed by atoms with Gasteiger partial charge in [0.2, 0.25) is 5.91 Å². The van der Waals surface area contributed by atoms with Crippen molar-refractivity contribution in [2.24, 2.45) is 0 Å². The molecule has 0 bridgehead atoms. The number of anilines is 1. The van der Waals surface area contributed by atoms with Crippen LogP contribution in [0.15, 0.2) is 51.4 Å². The van der Waals surface area contributed by atoms with Crippen LogP contribution in [0.1, 0.15) is 5.56 Å². The molecule has 0 heterocycles. The molecule has 0 fully saturated rings. The number of amides is 1. The molecule has 5 heteroatoms. The van der Waals surface area contributed by atoms with Crippen LogP contribution in [-0.2, 0) is 11.2 Å². The van der Waals surface area contributed by atoms with Gasteiger partial charge in [-0.05, 0) is 61.7 Å². The van der Waals surface area contributed by atoms with E-state index in [0.717, 1.165) is 25.9 Å². The Bertz CT molecular complexity index is 592. The molecule has 0 atom stereocenters. The van der Waals surface area contributed by atoms with Gasteiger partial charge in [-0.2, -0.15) is 0 Å². The number of carbonyl (C=O) groups is 1. The molecule has 0 aliphatic heterocycles. The SMILES string of the molecule is COc1c(Br)cc(CC(=O)Nc2ccccc2)cc1Br. The summed E-state index contributed by atoms with van der Waals surface area (Å²) in [4.78, 5) is 12.0. The quantitative estimate of drug-likeness (QED) is 0.828. The summed E-state index contributed by atoms with van der Waals surface area (Å²) in [5.74, 6) is 0.664. The predicted octanol–water partition coefficient (Wildman–Crippen LogP) is 4.40. The van der Waals surface area contributed by atoms with E-state index in [1.807, 2.05) is 42.5 Å². The molecular formula is C15H13Br2NO2. The fraction of sp³-hybridized carbons (Fsp3) is 0.133. The Morgan fingerprint density at radius 1 is 1.15 bits per heavy atom. The normalized spacial score (nSPS) is 10.2. The first-order valence-corrected chi connectivity index (χ1v) is 7.55. The molecule has 0 radical (unpaired) electrons. The van der Waals surface area contributed by atoms with E-state index in [4.69, 9.17) is 4.74 Å². The lowest BCUT2D eigenvalue weighted by atomic mass is 10.1. The first-order chi connectivity index (χ1) is 9.60. The Hall–Kier alpha value is -1.33. The van der Waals surface area contributed by atoms with Crippen molar-refractivity contribution in [3.05, 3.63) is 57.0 Å². The van der Waals surface area contributed by atoms with E-state index >= 15 is 0 Å². The average Bonchev–Trinajstić information content (AvgIpc) is 2.39. The van der Waals surface area contributed by atoms with Crippen LogP contribution in [0.5, 0.6) is 5.75 Å². The van der Waals surface area contributed by atoms with E-state index in [0.29, 0.717) is 6.42 Å². The number of benzene rings is 2. The lowest BCUT2D eigenvalue weighted by Gasteiger charge is -2.09. The lowest BCUT2D eigenvalue weighted by molar-refractivity contribution is -0.115. The molecule has 0 aromatic heterocycles. The van der Waals surface area contributed by atoms with Crippen LogP contribution in [0.3, 0.4) is 0 Å². The molecule has 3 nitrogen and oxygen atoms in total. The molecule has 1 amide bonds. The van der Waals surface area contributed by atoms with Crippen molar-refractivity contribution in [1.82, 2.24) is 0 Å². The van der Waals surface area contributed by atoms with Crippen molar-refractivity contribution in [2.45, 2.75) is 6.42 Å². The Labute approximate surface area is 134 Å². The minimum Gasteiger partial charge on any atom is -0.494 e. The topological polar surface area (TPSA) is 38.3 Å². The number of nitrogens with one attached hydrogen (secondary N) is 1. The molecule has 0 saturated carbocycles. The second-order valence-corrected chi connectivity index (χ2v) is 5.89. The average molecular weight is 399 g/mol. The van der Waals surface area contributed by atoms with Gasteiger partial charge in [-0.25, -0.2) is 0 Å². The molecule has 2 rings (SSSR count). The molecule has 0 aliphatic rings. The van der Waals surface area contributed by atoms with Gasteiger partial charge in [0.05, 0.1) is 22.5 Å². The summed E-state index contributed by atoms with van der Waals surface area (Å²) in [6.07, 6.45) is 0.302. The highest BCUT2D eigenvalue weighted by Crippen LogP contribution is 2.34. The Morgan fingerprint density at radius 2 is 1.75 bits per heavy atom. The molecule has 0 unspecified atom stereocenters. The molecule has 2 aromatic rings. The van der Waals surface area contributed by atoms with Crippen molar-refractivity contribution in [3.63, 3.8) is 0 Å². The minimum atomic E-state index is -0.0554. The third-order valence-corrected chi connectivity index (χ3v) is 3.86. The number of methoxy groups -OCH3 is 1. The third-order valence-electron chi connectivity index (χ3n) is 2.68. The van der Waals surface area contributed by atoms with Crippen LogP contribution in [0.2, 0.25) is 0 Å². The summed E-state index contributed by atoms with van der Waals surface area (Å²) in [6.45, 7) is 0. The molecule has 0 aliphatic carbocycles. The zero-order chi connectivity index (χ0) is 14.5. The lowest BCUT2D eigenvalue weighted by Crippen LogP contribution is -2.14. The first-order valence-electron chi connectivity index (χ1n) is 5.97. The maximum absolute atomic E-state index is 12.0. The summed E-state index contributed by atoms with van der Waals surface area (Å²) in [5.41, 5.74) is 1.70. The predicted molar refractivity (Wildman–Crippen MR) is 87.2 cm³/mol. The van der Waals surface area contributed by atoms with Gasteiger partial charge in [-0.3, -0.25) is 4.79 Å². The van der Waals surface area contributed by atoms with Crippen molar-refractivity contribution < 1.29 is 9.53 Å². The molecular weight excluding hydrogens is 386 g/mol. The van der Waals surface area contributed by atoms with Crippen LogP contribution >= 0.6 is 31.9 Å². The largest absolute Gasteiger partial charge is 0.494 e. The standard InChI is InChI=1S/C15H13Br2NO2/c1-20-15-12(16)7-10(8-13(15)17)9-14(19)18-11-5-3-2-4-6-11/h2-8H,9H2,1H3,(H,18,19). The number of para-hydroxylation sites is 1. The van der Waals surface area contributed by atoms with E-state index in [-0.39, 0.29) is 5.91 Å². The van der Waals surface area contributed by atoms with Crippen LogP contribution in [0.4, 0.5) is 5.69 Å². The van der Waals surface area contributed by atoms with Crippen molar-refractivity contribution >= 4 is 43.5 Å². The van der Waals surface area contributed by atoms with E-state index < -0.39 is 0 Å². The number of hydrogen-bond donors (Lipinski definition) is 1. The van der Waals surface area contributed by atoms with Gasteiger partial charge in [0, 0.05) is 5.69 Å². The van der Waals surface area contributed by atoms with Crippen LogP contribution in [-0.4, -0.2) is 13.0 Å². The Morgan fingerprint density at radius 3 is 2.30 bits per heavy atom. The van der Waals surface area contributed by atoms with Crippen molar-refractivity contribution in [3.8, 4) is 5.75 Å². The van der Waals surface area contributed by atoms with Gasteiger partial charge in [-0.15, -0.1) is 0 Å². The Balaban J connectivity index is 2.08. The van der Waals surface area contributed by atoms with Gasteiger partial charge in [0.1, 0.15) is 5.75 Å². The summed E-state index contributed by atoms with van der Waals surface area (Å²) >= 11 is 6.86. The first kappa shape index (κ1) is 15.1. The zero-order valence-corrected chi connectivity index (χ0v) is 14.0. The van der Waals surface area contributed by atoms with E-state index in [2.05, 4.69) is 37.2 Å². The molecule has 0 spiro atoms. The monoisotopic (exact) mass is 397 g/mol. The number of rotatable bonds is 4. The second kappa shape index (κ2) is 6.90. The molecule has 20 heavy (non-hydrogen) atoms. The fourth-order valence-electron chi connectivity index (χ4n) is 1.82. The second-order valence-electron chi connectivity index (χ2n) is 4.18. The summed E-state index contributed by atoms with van der Waals surface area (Å²) in [5, 5.41) is 2.86. The van der Waals surface area contributed by atoms with Crippen molar-refractivity contribution in [2.75, 3.05) is 12.4 Å². The molecule has 0 saturated heterocycles. The van der Waals surface area contributed by atoms with Gasteiger partial charge in [0.25, 0.3) is 0 Å². The maximum Gasteiger partial charge on any atom is 0.228 e. The number of carbonyl (C=O) groups excluding carboxylic acids is 1. The third kappa shape index (κ3) is 3.84. The zero-order valence-electron chi connectivity index (χ0n) is 10.8. The highest BCUT2D eigenvalue weighted by atomic mass is 79.9. The number of halogens is 2. The number of hydrogen-bond acceptors (Lipinski definition) is 2. The van der Waals surface area contributed by atoms with Gasteiger partial charge in [-0.1, -0.05) is 18.2 Å². The van der Waals surface area contributed by atoms with Crippen LogP contribution < -0.4 is 10.1 Å². The molecule has 1 N–H and O–H groups in total. The highest BCUT2D eigenvalue weighted by molar-refractivity contribution is 9.11. The van der Waals surface area contributed by atoms with E-state index in [1.54, 1.807) is 7.11 Å². The summed E-state index contributed by atoms with van der Waals surface area (Å²) < 4.78 is 6.87. The summed E-state index contributed by atoms with van der Waals surface area (Å²) in [7, 11) is 1.60. The van der Waals surface area contributed by atoms with Crippen molar-refractivity contribution in [1.29, 1.82) is 0 Å². The van der Waals surface area contributed by atoms with Gasteiger partial charge in [0.15, 0.2) is 0 Å². The van der Waals surface area contributed by atoms with Crippen LogP contribution in [0.25, 0.3) is 0 Å². The Kier molecular flexibility index (Phi) is 5.20. The molecule has 104 valence electrons. The van der Waals surface area contributed by atoms with E-state index in [1.165, 1.54) is 0 Å². The maximum atomic E-state index is 12.0. The molecule has 2 aromatic carbocycles. The number of ether oxygens (including phenoxy) is 1.